The van der Waals surface area contributed by atoms with Crippen LogP contribution in [0.4, 0.5) is 5.69 Å². The van der Waals surface area contributed by atoms with Crippen molar-refractivity contribution in [1.82, 2.24) is 0 Å². The van der Waals surface area contributed by atoms with Crippen molar-refractivity contribution in [2.45, 2.75) is 6.42 Å². The monoisotopic (exact) mass is 237 g/mol. The molecule has 2 aromatic carbocycles. The minimum Gasteiger partial charge on any atom is -0.294 e. The highest BCUT2D eigenvalue weighted by Gasteiger charge is 2.10. The topological polar surface area (TPSA) is 65.8 Å². The second kappa shape index (κ2) is 5.66. The normalized spacial score (nSPS) is 9.56. The zero-order chi connectivity index (χ0) is 12.8. The Morgan fingerprint density at radius 3 is 2.44 bits per heavy atom. The number of hydrogen-bond donors (Lipinski definition) is 0. The van der Waals surface area contributed by atoms with Crippen LogP contribution in [0.3, 0.4) is 0 Å². The lowest BCUT2D eigenvalue weighted by molar-refractivity contribution is 0.0993. The van der Waals surface area contributed by atoms with Gasteiger partial charge in [-0.3, -0.25) is 4.79 Å². The molecule has 2 aromatic rings. The van der Waals surface area contributed by atoms with Gasteiger partial charge in [0.1, 0.15) is 0 Å². The number of benzene rings is 2. The zero-order valence-corrected chi connectivity index (χ0v) is 9.65. The van der Waals surface area contributed by atoms with Crippen LogP contribution in [0.2, 0.25) is 0 Å². The molecule has 0 bridgehead atoms. The highest BCUT2D eigenvalue weighted by Crippen LogP contribution is 2.20. The molecule has 4 heteroatoms. The van der Waals surface area contributed by atoms with Gasteiger partial charge in [0.2, 0.25) is 0 Å². The Balaban J connectivity index is 2.27. The van der Waals surface area contributed by atoms with Gasteiger partial charge in [-0.25, -0.2) is 0 Å². The van der Waals surface area contributed by atoms with Crippen LogP contribution in [0.15, 0.2) is 59.7 Å². The number of carbonyl (C=O) groups is 1. The molecule has 18 heavy (non-hydrogen) atoms. The van der Waals surface area contributed by atoms with Crippen molar-refractivity contribution >= 4 is 11.5 Å². The third-order valence-corrected chi connectivity index (χ3v) is 2.56. The van der Waals surface area contributed by atoms with Gasteiger partial charge in [0.05, 0.1) is 0 Å². The van der Waals surface area contributed by atoms with E-state index in [4.69, 9.17) is 5.53 Å². The summed E-state index contributed by atoms with van der Waals surface area (Å²) in [5, 5.41) is 3.53. The van der Waals surface area contributed by atoms with E-state index in [2.05, 4.69) is 10.0 Å². The summed E-state index contributed by atoms with van der Waals surface area (Å²) in [5.41, 5.74) is 10.2. The van der Waals surface area contributed by atoms with Crippen molar-refractivity contribution in [3.05, 3.63) is 76.2 Å². The molecule has 0 radical (unpaired) electrons. The van der Waals surface area contributed by atoms with Crippen LogP contribution in [-0.2, 0) is 6.42 Å². The van der Waals surface area contributed by atoms with Gasteiger partial charge in [-0.2, -0.15) is 0 Å². The third kappa shape index (κ3) is 2.75. The first-order valence-electron chi connectivity index (χ1n) is 5.52. The lowest BCUT2D eigenvalue weighted by Gasteiger charge is -2.04. The van der Waals surface area contributed by atoms with Crippen LogP contribution in [-0.4, -0.2) is 5.78 Å². The van der Waals surface area contributed by atoms with Gasteiger partial charge >= 0.3 is 0 Å². The molecule has 88 valence electrons. The molecule has 0 aliphatic rings. The van der Waals surface area contributed by atoms with Crippen LogP contribution in [0.25, 0.3) is 10.4 Å². The van der Waals surface area contributed by atoms with E-state index in [9.17, 15) is 4.79 Å². The first-order chi connectivity index (χ1) is 8.81. The van der Waals surface area contributed by atoms with Crippen LogP contribution in [0.1, 0.15) is 15.9 Å². The molecule has 0 unspecified atom stereocenters. The number of azide groups is 1. The number of hydrogen-bond acceptors (Lipinski definition) is 2. The van der Waals surface area contributed by atoms with Crippen LogP contribution >= 0.6 is 0 Å². The molecule has 0 aliphatic heterocycles. The summed E-state index contributed by atoms with van der Waals surface area (Å²) >= 11 is 0. The molecule has 0 atom stereocenters. The second-order valence-electron chi connectivity index (χ2n) is 3.79. The summed E-state index contributed by atoms with van der Waals surface area (Å²) in [5.74, 6) is -0.0517. The number of rotatable bonds is 4. The van der Waals surface area contributed by atoms with Crippen molar-refractivity contribution < 1.29 is 4.79 Å². The highest BCUT2D eigenvalue weighted by molar-refractivity contribution is 6.01. The summed E-state index contributed by atoms with van der Waals surface area (Å²) in [6.07, 6.45) is 0.304. The Labute approximate surface area is 105 Å². The minimum absolute atomic E-state index is 0.0517. The molecule has 0 aliphatic carbocycles. The first-order valence-corrected chi connectivity index (χ1v) is 5.52. The van der Waals surface area contributed by atoms with Crippen molar-refractivity contribution in [3.63, 3.8) is 0 Å². The molecule has 0 amide bonds. The van der Waals surface area contributed by atoms with Gasteiger partial charge in [0.15, 0.2) is 5.78 Å². The van der Waals surface area contributed by atoms with Crippen molar-refractivity contribution in [2.75, 3.05) is 0 Å². The molecule has 4 nitrogen and oxygen atoms in total. The molecule has 2 rings (SSSR count). The van der Waals surface area contributed by atoms with Crippen LogP contribution in [0, 0.1) is 0 Å². The van der Waals surface area contributed by atoms with E-state index in [-0.39, 0.29) is 5.78 Å². The standard InChI is InChI=1S/C14H11N3O/c15-17-16-13-9-5-4-8-12(13)14(18)10-11-6-2-1-3-7-11/h1-9H,10H2. The van der Waals surface area contributed by atoms with Gasteiger partial charge in [0, 0.05) is 22.6 Å². The summed E-state index contributed by atoms with van der Waals surface area (Å²) < 4.78 is 0. The van der Waals surface area contributed by atoms with Gasteiger partial charge < -0.3 is 0 Å². The maximum absolute atomic E-state index is 12.1. The van der Waals surface area contributed by atoms with Crippen LogP contribution in [0.5, 0.6) is 0 Å². The Morgan fingerprint density at radius 1 is 1.06 bits per heavy atom. The summed E-state index contributed by atoms with van der Waals surface area (Å²) in [6, 6.07) is 16.3. The Morgan fingerprint density at radius 2 is 1.72 bits per heavy atom. The molecule has 0 fully saturated rings. The van der Waals surface area contributed by atoms with Gasteiger partial charge in [0.25, 0.3) is 0 Å². The number of carbonyl (C=O) groups excluding carboxylic acids is 1. The number of ketones is 1. The van der Waals surface area contributed by atoms with Gasteiger partial charge in [-0.1, -0.05) is 59.7 Å². The second-order valence-corrected chi connectivity index (χ2v) is 3.79. The number of nitrogens with zero attached hydrogens (tertiary/aromatic N) is 3. The van der Waals surface area contributed by atoms with E-state index < -0.39 is 0 Å². The molecular weight excluding hydrogens is 226 g/mol. The summed E-state index contributed by atoms with van der Waals surface area (Å²) in [4.78, 5) is 14.9. The maximum atomic E-state index is 12.1. The van der Waals surface area contributed by atoms with Crippen molar-refractivity contribution in [1.29, 1.82) is 0 Å². The van der Waals surface area contributed by atoms with E-state index in [1.807, 2.05) is 30.3 Å². The smallest absolute Gasteiger partial charge is 0.167 e. The molecule has 0 heterocycles. The molecule has 0 saturated heterocycles. The summed E-state index contributed by atoms with van der Waals surface area (Å²) in [6.45, 7) is 0. The van der Waals surface area contributed by atoms with Crippen molar-refractivity contribution in [3.8, 4) is 0 Å². The fourth-order valence-corrected chi connectivity index (χ4v) is 1.72. The fraction of sp³-hybridized carbons (Fsp3) is 0.0714. The average molecular weight is 237 g/mol. The lowest BCUT2D eigenvalue weighted by Crippen LogP contribution is -2.03. The Kier molecular flexibility index (Phi) is 3.74. The first kappa shape index (κ1) is 11.9. The third-order valence-electron chi connectivity index (χ3n) is 2.56. The van der Waals surface area contributed by atoms with Crippen molar-refractivity contribution in [2.24, 2.45) is 5.11 Å². The lowest BCUT2D eigenvalue weighted by atomic mass is 10.0. The molecular formula is C14H11N3O. The predicted octanol–water partition coefficient (Wildman–Crippen LogP) is 4.05. The van der Waals surface area contributed by atoms with E-state index in [0.29, 0.717) is 17.7 Å². The average Bonchev–Trinajstić information content (AvgIpc) is 2.41. The molecule has 0 N–H and O–H groups in total. The van der Waals surface area contributed by atoms with E-state index >= 15 is 0 Å². The highest BCUT2D eigenvalue weighted by atomic mass is 16.1. The molecule has 0 spiro atoms. The van der Waals surface area contributed by atoms with Gasteiger partial charge in [-0.15, -0.1) is 0 Å². The van der Waals surface area contributed by atoms with Gasteiger partial charge in [-0.05, 0) is 11.1 Å². The minimum atomic E-state index is -0.0517. The maximum Gasteiger partial charge on any atom is 0.167 e. The summed E-state index contributed by atoms with van der Waals surface area (Å²) in [7, 11) is 0. The Bertz CT molecular complexity index is 601. The number of Topliss-reactive ketones (excluding diaryl/α,β-unsaturated/α-hetero) is 1. The van der Waals surface area contributed by atoms with E-state index in [1.165, 1.54) is 0 Å². The Hall–Kier alpha value is -2.58. The SMILES string of the molecule is [N-]=[N+]=Nc1ccccc1C(=O)Cc1ccccc1. The molecule has 0 aromatic heterocycles. The zero-order valence-electron chi connectivity index (χ0n) is 9.65. The van der Waals surface area contributed by atoms with E-state index in [1.54, 1.807) is 24.3 Å². The van der Waals surface area contributed by atoms with Crippen LogP contribution < -0.4 is 0 Å². The quantitative estimate of drug-likeness (QED) is 0.342. The predicted molar refractivity (Wildman–Crippen MR) is 69.7 cm³/mol. The fourth-order valence-electron chi connectivity index (χ4n) is 1.72. The largest absolute Gasteiger partial charge is 0.294 e. The van der Waals surface area contributed by atoms with E-state index in [0.717, 1.165) is 5.56 Å². The molecule has 0 saturated carbocycles.